The number of hydrogen-bond donors (Lipinski definition) is 1. The van der Waals surface area contributed by atoms with Gasteiger partial charge >= 0.3 is 0 Å². The van der Waals surface area contributed by atoms with Gasteiger partial charge in [-0.2, -0.15) is 0 Å². The van der Waals surface area contributed by atoms with Crippen molar-refractivity contribution in [2.45, 2.75) is 92.4 Å². The van der Waals surface area contributed by atoms with Crippen molar-refractivity contribution in [2.75, 3.05) is 0 Å². The zero-order valence-corrected chi connectivity index (χ0v) is 35.1. The molecule has 0 radical (unpaired) electrons. The molecule has 7 aromatic rings. The fourth-order valence-electron chi connectivity index (χ4n) is 7.07. The van der Waals surface area contributed by atoms with Gasteiger partial charge in [0.05, 0.1) is 16.6 Å². The summed E-state index contributed by atoms with van der Waals surface area (Å²) in [5.41, 5.74) is 14.3. The molecule has 7 rings (SSSR count). The van der Waals surface area contributed by atoms with Crippen LogP contribution < -0.4 is 0 Å². The van der Waals surface area contributed by atoms with E-state index in [2.05, 4.69) is 166 Å². The second-order valence-corrected chi connectivity index (χ2v) is 17.5. The van der Waals surface area contributed by atoms with Crippen molar-refractivity contribution in [2.24, 2.45) is 0 Å². The zero-order chi connectivity index (χ0) is 37.3. The maximum Gasteiger partial charge on any atom is 0.148 e. The molecule has 0 aliphatic rings. The smallest absolute Gasteiger partial charge is 0.148 e. The number of fused-ring (bicyclic) bond motifs is 2. The molecule has 2 aromatic heterocycles. The van der Waals surface area contributed by atoms with Crippen LogP contribution in [0.3, 0.4) is 0 Å². The van der Waals surface area contributed by atoms with Gasteiger partial charge < -0.3 is 5.11 Å². The van der Waals surface area contributed by atoms with Crippen molar-refractivity contribution in [3.8, 4) is 45.1 Å². The van der Waals surface area contributed by atoms with E-state index in [9.17, 15) is 5.11 Å². The molecule has 0 fully saturated rings. The van der Waals surface area contributed by atoms with Crippen molar-refractivity contribution in [3.63, 3.8) is 0 Å². The number of phenols is 1. The summed E-state index contributed by atoms with van der Waals surface area (Å²) in [6, 6.07) is 36.0. The van der Waals surface area contributed by atoms with Crippen LogP contribution in [0.25, 0.3) is 61.3 Å². The van der Waals surface area contributed by atoms with Crippen molar-refractivity contribution >= 4 is 21.9 Å². The van der Waals surface area contributed by atoms with E-state index < -0.39 is 0 Å². The van der Waals surface area contributed by atoms with Gasteiger partial charge in [-0.1, -0.05) is 115 Å². The molecule has 0 aliphatic carbocycles. The monoisotopic (exact) mass is 879 g/mol. The third-order valence-corrected chi connectivity index (χ3v) is 10.3. The minimum Gasteiger partial charge on any atom is -0.507 e. The molecule has 0 saturated carbocycles. The van der Waals surface area contributed by atoms with Crippen LogP contribution in [-0.4, -0.2) is 19.6 Å². The van der Waals surface area contributed by atoms with Crippen LogP contribution in [0.5, 0.6) is 5.75 Å². The average molecular weight is 880 g/mol. The molecule has 53 heavy (non-hydrogen) atoms. The number of benzene rings is 5. The average Bonchev–Trinajstić information content (AvgIpc) is 3.46. The number of rotatable bonds is 4. The molecule has 1 N–H and O–H groups in total. The number of phenolic OH excluding ortho intramolecular Hbond substituents is 1. The van der Waals surface area contributed by atoms with E-state index in [0.29, 0.717) is 11.4 Å². The number of pyridine rings is 1. The first-order chi connectivity index (χ1) is 24.4. The van der Waals surface area contributed by atoms with E-state index in [1.807, 2.05) is 18.3 Å². The predicted octanol–water partition coefficient (Wildman–Crippen LogP) is 12.6. The fraction of sp³-hybridized carbons (Fsp3) is 0.292. The summed E-state index contributed by atoms with van der Waals surface area (Å²) in [4.78, 5) is 10.3. The Labute approximate surface area is 329 Å². The largest absolute Gasteiger partial charge is 0.507 e. The normalized spacial score (nSPS) is 12.4. The van der Waals surface area contributed by atoms with Crippen LogP contribution in [0, 0.1) is 19.9 Å². The molecule has 2 heterocycles. The summed E-state index contributed by atoms with van der Waals surface area (Å²) in [5.74, 6) is 0.908. The molecular formula is C48H50N3OPt-. The maximum absolute atomic E-state index is 11.5. The SMILES string of the molecule is Cc1cc(-c2[c-]c(-c3cc(C(C)(C)C)cc4c3nc(-c3cc(C(C)(C)C)ccc3O)n4-c3ccc(C(C)(C)C)cc3)ccc2)c2nccc(C)c2c1.[Pt]. The minimum absolute atomic E-state index is 0. The number of aromatic nitrogens is 3. The molecule has 0 amide bonds. The molecule has 0 unspecified atom stereocenters. The van der Waals surface area contributed by atoms with Crippen LogP contribution in [0.15, 0.2) is 97.2 Å². The van der Waals surface area contributed by atoms with Gasteiger partial charge in [-0.05, 0) is 94.1 Å². The summed E-state index contributed by atoms with van der Waals surface area (Å²) in [5, 5.41) is 12.7. The van der Waals surface area contributed by atoms with Crippen LogP contribution >= 0.6 is 0 Å². The van der Waals surface area contributed by atoms with Crippen LogP contribution in [-0.2, 0) is 37.3 Å². The number of nitrogens with zero attached hydrogens (tertiary/aromatic N) is 3. The van der Waals surface area contributed by atoms with Gasteiger partial charge in [0, 0.05) is 38.5 Å². The summed E-state index contributed by atoms with van der Waals surface area (Å²) < 4.78 is 2.23. The third-order valence-electron chi connectivity index (χ3n) is 10.3. The van der Waals surface area contributed by atoms with Crippen LogP contribution in [0.1, 0.15) is 90.1 Å². The Hall–Kier alpha value is -4.53. The van der Waals surface area contributed by atoms with Crippen LogP contribution in [0.2, 0.25) is 0 Å². The Morgan fingerprint density at radius 1 is 0.604 bits per heavy atom. The molecule has 5 heteroatoms. The standard InChI is InChI=1S/C48H50N3O.Pt/c1-29-23-37-30(2)21-22-49-43(37)38(24-29)31-13-12-14-32(25-31)39-27-35(48(9,10)11)28-41-44(39)50-45(40-26-34(47(6,7)8)17-20-42(40)52)51(41)36-18-15-33(16-19-36)46(3,4)5;/h12-24,26-28,52H,1-11H3;/q-1;. The maximum atomic E-state index is 11.5. The molecular weight excluding hydrogens is 830 g/mol. The van der Waals surface area contributed by atoms with Gasteiger partial charge in [-0.15, -0.1) is 35.4 Å². The minimum atomic E-state index is -0.144. The molecule has 0 aliphatic heterocycles. The zero-order valence-electron chi connectivity index (χ0n) is 32.8. The van der Waals surface area contributed by atoms with Gasteiger partial charge in [0.1, 0.15) is 11.6 Å². The Morgan fingerprint density at radius 2 is 1.19 bits per heavy atom. The van der Waals surface area contributed by atoms with Crippen molar-refractivity contribution in [1.82, 2.24) is 14.5 Å². The number of hydrogen-bond acceptors (Lipinski definition) is 3. The van der Waals surface area contributed by atoms with E-state index in [4.69, 9.17) is 9.97 Å². The predicted molar refractivity (Wildman–Crippen MR) is 219 cm³/mol. The quantitative estimate of drug-likeness (QED) is 0.179. The van der Waals surface area contributed by atoms with E-state index >= 15 is 0 Å². The van der Waals surface area contributed by atoms with E-state index in [-0.39, 0.29) is 43.1 Å². The molecule has 0 bridgehead atoms. The second-order valence-electron chi connectivity index (χ2n) is 17.5. The van der Waals surface area contributed by atoms with Gasteiger partial charge in [-0.3, -0.25) is 9.55 Å². The Balaban J connectivity index is 0.00000481. The fourth-order valence-corrected chi connectivity index (χ4v) is 7.07. The van der Waals surface area contributed by atoms with Gasteiger partial charge in [0.2, 0.25) is 0 Å². The molecule has 0 saturated heterocycles. The summed E-state index contributed by atoms with van der Waals surface area (Å²) in [7, 11) is 0. The first-order valence-corrected chi connectivity index (χ1v) is 18.3. The molecule has 4 nitrogen and oxygen atoms in total. The van der Waals surface area contributed by atoms with Crippen molar-refractivity contribution in [1.29, 1.82) is 0 Å². The van der Waals surface area contributed by atoms with Gasteiger partial charge in [-0.25, -0.2) is 4.98 Å². The Morgan fingerprint density at radius 3 is 1.81 bits per heavy atom. The van der Waals surface area contributed by atoms with Crippen molar-refractivity contribution < 1.29 is 26.2 Å². The van der Waals surface area contributed by atoms with Gasteiger partial charge in [0.25, 0.3) is 0 Å². The second kappa shape index (κ2) is 13.7. The summed E-state index contributed by atoms with van der Waals surface area (Å²) in [6.07, 6.45) is 1.89. The molecule has 0 spiro atoms. The molecule has 0 atom stereocenters. The molecule has 5 aromatic carbocycles. The number of aryl methyl sites for hydroxylation is 2. The van der Waals surface area contributed by atoms with Crippen molar-refractivity contribution in [3.05, 3.63) is 131 Å². The topological polar surface area (TPSA) is 50.9 Å². The number of aromatic hydroxyl groups is 1. The Bertz CT molecular complexity index is 2490. The van der Waals surface area contributed by atoms with E-state index in [0.717, 1.165) is 55.4 Å². The first-order valence-electron chi connectivity index (χ1n) is 18.3. The first kappa shape index (κ1) is 38.2. The Kier molecular flexibility index (Phi) is 9.88. The summed E-state index contributed by atoms with van der Waals surface area (Å²) in [6.45, 7) is 24.3. The van der Waals surface area contributed by atoms with E-state index in [1.165, 1.54) is 22.3 Å². The third kappa shape index (κ3) is 7.23. The van der Waals surface area contributed by atoms with Gasteiger partial charge in [0.15, 0.2) is 0 Å². The number of imidazole rings is 1. The molecule has 274 valence electrons. The van der Waals surface area contributed by atoms with Crippen LogP contribution in [0.4, 0.5) is 0 Å². The van der Waals surface area contributed by atoms with E-state index in [1.54, 1.807) is 0 Å². The summed E-state index contributed by atoms with van der Waals surface area (Å²) >= 11 is 0.